The van der Waals surface area contributed by atoms with Crippen molar-refractivity contribution >= 4 is 23.1 Å². The lowest BCUT2D eigenvalue weighted by atomic mass is 9.89. The number of aromatic nitrogens is 2. The molecule has 4 rings (SSSR count). The first kappa shape index (κ1) is 17.0. The molecule has 2 saturated heterocycles. The standard InChI is InChI=1S/C19H23N3OS2/c1-13(2)17(8-7-15-6-4-10-24-15)23-19-18(20-25-21-19)16-12-22-9-3-5-14(16)11-22/h4,6,10,13-14,16-17H,3,5,9,11-12H2,1-2H3/t14-,16-,17?/m0/s1. The molecule has 2 aromatic rings. The maximum absolute atomic E-state index is 6.26. The molecule has 2 aliphatic rings. The molecule has 4 nitrogen and oxygen atoms in total. The monoisotopic (exact) mass is 373 g/mol. The third-order valence-corrected chi connectivity index (χ3v) is 6.41. The zero-order valence-corrected chi connectivity index (χ0v) is 16.3. The fraction of sp³-hybridized carbons (Fsp3) is 0.579. The number of hydrogen-bond donors (Lipinski definition) is 0. The van der Waals surface area contributed by atoms with Gasteiger partial charge in [0.05, 0.1) is 16.6 Å². The van der Waals surface area contributed by atoms with Crippen molar-refractivity contribution in [2.75, 3.05) is 19.6 Å². The van der Waals surface area contributed by atoms with Crippen LogP contribution in [0.4, 0.5) is 0 Å². The Balaban J connectivity index is 1.53. The number of hydrogen-bond acceptors (Lipinski definition) is 6. The Morgan fingerprint density at radius 3 is 3.00 bits per heavy atom. The van der Waals surface area contributed by atoms with Gasteiger partial charge < -0.3 is 9.64 Å². The summed E-state index contributed by atoms with van der Waals surface area (Å²) in [4.78, 5) is 3.63. The zero-order valence-electron chi connectivity index (χ0n) is 14.6. The molecule has 6 heteroatoms. The van der Waals surface area contributed by atoms with Gasteiger partial charge in [0.2, 0.25) is 0 Å². The second-order valence-electron chi connectivity index (χ2n) is 7.25. The highest BCUT2D eigenvalue weighted by molar-refractivity contribution is 7.10. The molecule has 0 radical (unpaired) electrons. The van der Waals surface area contributed by atoms with E-state index in [-0.39, 0.29) is 6.10 Å². The Bertz CT molecular complexity index is 759. The Kier molecular flexibility index (Phi) is 5.07. The highest BCUT2D eigenvalue weighted by Crippen LogP contribution is 2.41. The quantitative estimate of drug-likeness (QED) is 0.763. The van der Waals surface area contributed by atoms with Gasteiger partial charge in [-0.25, -0.2) is 0 Å². The molecular formula is C19H23N3OS2. The number of piperidine rings is 1. The largest absolute Gasteiger partial charge is 0.459 e. The van der Waals surface area contributed by atoms with Gasteiger partial charge in [-0.05, 0) is 36.8 Å². The van der Waals surface area contributed by atoms with Gasteiger partial charge in [-0.2, -0.15) is 4.37 Å². The molecule has 0 aromatic carbocycles. The van der Waals surface area contributed by atoms with Crippen molar-refractivity contribution in [3.8, 4) is 17.7 Å². The van der Waals surface area contributed by atoms with Gasteiger partial charge >= 0.3 is 0 Å². The summed E-state index contributed by atoms with van der Waals surface area (Å²) in [6.07, 6.45) is 2.44. The van der Waals surface area contributed by atoms with Gasteiger partial charge in [0.15, 0.2) is 6.10 Å². The van der Waals surface area contributed by atoms with Gasteiger partial charge in [-0.3, -0.25) is 0 Å². The number of ether oxygens (including phenoxy) is 1. The predicted molar refractivity (Wildman–Crippen MR) is 102 cm³/mol. The van der Waals surface area contributed by atoms with Crippen molar-refractivity contribution < 1.29 is 4.74 Å². The number of fused-ring (bicyclic) bond motifs is 2. The molecule has 2 unspecified atom stereocenters. The Morgan fingerprint density at radius 2 is 2.24 bits per heavy atom. The van der Waals surface area contributed by atoms with Crippen LogP contribution in [-0.2, 0) is 0 Å². The third kappa shape index (κ3) is 3.74. The third-order valence-electron chi connectivity index (χ3n) is 5.10. The van der Waals surface area contributed by atoms with E-state index >= 15 is 0 Å². The summed E-state index contributed by atoms with van der Waals surface area (Å²) >= 11 is 2.93. The lowest BCUT2D eigenvalue weighted by Crippen LogP contribution is -2.25. The molecule has 0 N–H and O–H groups in total. The first-order chi connectivity index (χ1) is 12.2. The number of thiophene rings is 1. The van der Waals surface area contributed by atoms with Gasteiger partial charge in [0, 0.05) is 24.9 Å². The van der Waals surface area contributed by atoms with Crippen molar-refractivity contribution in [1.29, 1.82) is 0 Å². The lowest BCUT2D eigenvalue weighted by Gasteiger charge is -2.22. The van der Waals surface area contributed by atoms with Crippen LogP contribution in [0.5, 0.6) is 5.88 Å². The minimum Gasteiger partial charge on any atom is -0.459 e. The second kappa shape index (κ2) is 7.45. The van der Waals surface area contributed by atoms with Crippen LogP contribution in [0, 0.1) is 23.7 Å². The maximum atomic E-state index is 6.26. The van der Waals surface area contributed by atoms with Crippen LogP contribution >= 0.6 is 23.1 Å². The molecule has 0 aliphatic carbocycles. The van der Waals surface area contributed by atoms with Crippen molar-refractivity contribution in [1.82, 2.24) is 13.6 Å². The van der Waals surface area contributed by atoms with E-state index in [4.69, 9.17) is 4.74 Å². The Morgan fingerprint density at radius 1 is 1.32 bits per heavy atom. The number of rotatable bonds is 4. The van der Waals surface area contributed by atoms with Crippen LogP contribution in [0.15, 0.2) is 17.5 Å². The molecular weight excluding hydrogens is 350 g/mol. The molecule has 2 aliphatic heterocycles. The molecule has 2 bridgehead atoms. The normalized spacial score (nSPS) is 26.3. The molecule has 4 atom stereocenters. The number of nitrogens with zero attached hydrogens (tertiary/aromatic N) is 3. The molecule has 132 valence electrons. The molecule has 25 heavy (non-hydrogen) atoms. The summed E-state index contributed by atoms with van der Waals surface area (Å²) in [5, 5.41) is 2.05. The second-order valence-corrected chi connectivity index (χ2v) is 8.73. The fourth-order valence-corrected chi connectivity index (χ4v) is 4.89. The fourth-order valence-electron chi connectivity index (χ4n) is 3.76. The van der Waals surface area contributed by atoms with Crippen LogP contribution in [0.1, 0.15) is 43.2 Å². The molecule has 2 fully saturated rings. The lowest BCUT2D eigenvalue weighted by molar-refractivity contribution is 0.196. The first-order valence-electron chi connectivity index (χ1n) is 8.97. The minimum atomic E-state index is -0.161. The predicted octanol–water partition coefficient (Wildman–Crippen LogP) is 3.86. The Hall–Kier alpha value is -1.42. The molecule has 0 spiro atoms. The van der Waals surface area contributed by atoms with Crippen LogP contribution in [-0.4, -0.2) is 39.4 Å². The molecule has 2 aromatic heterocycles. The summed E-state index contributed by atoms with van der Waals surface area (Å²) < 4.78 is 15.3. The van der Waals surface area contributed by atoms with E-state index in [1.54, 1.807) is 11.3 Å². The average Bonchev–Trinajstić information content (AvgIpc) is 3.32. The summed E-state index contributed by atoms with van der Waals surface area (Å²) in [6.45, 7) is 7.80. The van der Waals surface area contributed by atoms with E-state index < -0.39 is 0 Å². The average molecular weight is 374 g/mol. The summed E-state index contributed by atoms with van der Waals surface area (Å²) in [7, 11) is 0. The molecule has 0 saturated carbocycles. The van der Waals surface area contributed by atoms with Crippen molar-refractivity contribution in [2.24, 2.45) is 11.8 Å². The van der Waals surface area contributed by atoms with E-state index in [2.05, 4.69) is 39.3 Å². The topological polar surface area (TPSA) is 38.3 Å². The maximum Gasteiger partial charge on any atom is 0.250 e. The van der Waals surface area contributed by atoms with Crippen LogP contribution in [0.3, 0.4) is 0 Å². The van der Waals surface area contributed by atoms with Gasteiger partial charge in [0.25, 0.3) is 5.88 Å². The van der Waals surface area contributed by atoms with Gasteiger partial charge in [-0.15, -0.1) is 15.7 Å². The summed E-state index contributed by atoms with van der Waals surface area (Å²) in [5.41, 5.74) is 1.06. The van der Waals surface area contributed by atoms with Crippen molar-refractivity contribution in [2.45, 2.75) is 38.7 Å². The van der Waals surface area contributed by atoms with Gasteiger partial charge in [0.1, 0.15) is 5.69 Å². The van der Waals surface area contributed by atoms with Crippen LogP contribution < -0.4 is 4.74 Å². The van der Waals surface area contributed by atoms with Crippen molar-refractivity contribution in [3.05, 3.63) is 28.1 Å². The highest BCUT2D eigenvalue weighted by Gasteiger charge is 2.39. The van der Waals surface area contributed by atoms with E-state index in [0.717, 1.165) is 17.1 Å². The van der Waals surface area contributed by atoms with Crippen LogP contribution in [0.2, 0.25) is 0 Å². The zero-order chi connectivity index (χ0) is 17.2. The molecule has 0 amide bonds. The van der Waals surface area contributed by atoms with E-state index in [1.165, 1.54) is 37.7 Å². The SMILES string of the molecule is CC(C)C(C#Cc1cccs1)Oc1nsnc1[C@H]1CN2CCC[C@H]1C2. The van der Waals surface area contributed by atoms with E-state index in [1.807, 2.05) is 17.5 Å². The Labute approximate surface area is 157 Å². The van der Waals surface area contributed by atoms with E-state index in [0.29, 0.717) is 23.6 Å². The van der Waals surface area contributed by atoms with Crippen molar-refractivity contribution in [3.63, 3.8) is 0 Å². The molecule has 4 heterocycles. The highest BCUT2D eigenvalue weighted by atomic mass is 32.1. The smallest absolute Gasteiger partial charge is 0.250 e. The summed E-state index contributed by atoms with van der Waals surface area (Å²) in [5.74, 6) is 8.70. The minimum absolute atomic E-state index is 0.161. The van der Waals surface area contributed by atoms with Gasteiger partial charge in [-0.1, -0.05) is 31.8 Å². The summed E-state index contributed by atoms with van der Waals surface area (Å²) in [6, 6.07) is 4.06. The van der Waals surface area contributed by atoms with E-state index in [9.17, 15) is 0 Å². The van der Waals surface area contributed by atoms with Crippen LogP contribution in [0.25, 0.3) is 0 Å². The first-order valence-corrected chi connectivity index (χ1v) is 10.6.